The minimum atomic E-state index is -3.67. The molecule has 1 aliphatic rings. The summed E-state index contributed by atoms with van der Waals surface area (Å²) in [5.41, 5.74) is 0.720. The first-order valence-electron chi connectivity index (χ1n) is 6.50. The summed E-state index contributed by atoms with van der Waals surface area (Å²) in [5.74, 6) is 0.615. The molecule has 1 fully saturated rings. The van der Waals surface area contributed by atoms with Gasteiger partial charge in [0.15, 0.2) is 9.84 Å². The molecule has 6 nitrogen and oxygen atoms in total. The molecule has 1 atom stereocenters. The molecule has 0 radical (unpaired) electrons. The fourth-order valence-corrected chi connectivity index (χ4v) is 5.09. The molecule has 0 saturated carbocycles. The molecule has 1 heterocycles. The molecule has 1 unspecified atom stereocenters. The van der Waals surface area contributed by atoms with E-state index in [2.05, 4.69) is 0 Å². The van der Waals surface area contributed by atoms with E-state index in [1.54, 1.807) is 19.1 Å². The maximum atomic E-state index is 12.5. The number of methoxy groups -OCH3 is 1. The summed E-state index contributed by atoms with van der Waals surface area (Å²) in [6.45, 7) is 2.01. The van der Waals surface area contributed by atoms with Crippen LogP contribution in [0.25, 0.3) is 0 Å². The van der Waals surface area contributed by atoms with Crippen LogP contribution in [0.2, 0.25) is 0 Å². The SMILES string of the molecule is COc1ccc(S(=O)(=O)N2CCC(S(C)(=O)=O)C2)cc1C. The van der Waals surface area contributed by atoms with Crippen molar-refractivity contribution in [1.82, 2.24) is 4.31 Å². The van der Waals surface area contributed by atoms with Gasteiger partial charge in [0.1, 0.15) is 5.75 Å². The zero-order valence-electron chi connectivity index (χ0n) is 12.2. The van der Waals surface area contributed by atoms with E-state index in [4.69, 9.17) is 4.74 Å². The second kappa shape index (κ2) is 5.58. The summed E-state index contributed by atoms with van der Waals surface area (Å²) in [5, 5.41) is -0.619. The van der Waals surface area contributed by atoms with Gasteiger partial charge in [-0.3, -0.25) is 0 Å². The number of hydrogen-bond acceptors (Lipinski definition) is 5. The molecule has 0 aromatic heterocycles. The third-order valence-electron chi connectivity index (χ3n) is 3.72. The second-order valence-corrected chi connectivity index (χ2v) is 9.50. The van der Waals surface area contributed by atoms with Crippen molar-refractivity contribution in [1.29, 1.82) is 0 Å². The third kappa shape index (κ3) is 3.22. The van der Waals surface area contributed by atoms with Gasteiger partial charge >= 0.3 is 0 Å². The van der Waals surface area contributed by atoms with E-state index < -0.39 is 25.1 Å². The number of sulfone groups is 1. The van der Waals surface area contributed by atoms with Crippen LogP contribution in [0.3, 0.4) is 0 Å². The normalized spacial score (nSPS) is 20.6. The van der Waals surface area contributed by atoms with E-state index in [0.717, 1.165) is 11.8 Å². The van der Waals surface area contributed by atoms with Crippen molar-refractivity contribution in [3.63, 3.8) is 0 Å². The Morgan fingerprint density at radius 2 is 1.90 bits per heavy atom. The Kier molecular flexibility index (Phi) is 4.32. The van der Waals surface area contributed by atoms with Gasteiger partial charge in [-0.15, -0.1) is 0 Å². The zero-order valence-corrected chi connectivity index (χ0v) is 13.9. The molecule has 0 spiro atoms. The van der Waals surface area contributed by atoms with E-state index in [9.17, 15) is 16.8 Å². The van der Waals surface area contributed by atoms with Crippen molar-refractivity contribution < 1.29 is 21.6 Å². The molecule has 1 saturated heterocycles. The second-order valence-electron chi connectivity index (χ2n) is 5.23. The zero-order chi connectivity index (χ0) is 15.8. The quantitative estimate of drug-likeness (QED) is 0.814. The Balaban J connectivity index is 2.29. The maximum Gasteiger partial charge on any atom is 0.243 e. The molecule has 21 heavy (non-hydrogen) atoms. The highest BCUT2D eigenvalue weighted by Gasteiger charge is 2.37. The molecule has 0 bridgehead atoms. The van der Waals surface area contributed by atoms with Crippen molar-refractivity contribution in [3.05, 3.63) is 23.8 Å². The van der Waals surface area contributed by atoms with Crippen molar-refractivity contribution >= 4 is 19.9 Å². The average Bonchev–Trinajstić information content (AvgIpc) is 2.88. The lowest BCUT2D eigenvalue weighted by atomic mass is 10.2. The van der Waals surface area contributed by atoms with Crippen molar-refractivity contribution in [2.75, 3.05) is 26.5 Å². The number of aryl methyl sites for hydroxylation is 1. The standard InChI is InChI=1S/C13H19NO5S2/c1-10-8-11(4-5-13(10)19-2)21(17,18)14-7-6-12(9-14)20(3,15)16/h4-5,8,12H,6-7,9H2,1-3H3. The van der Waals surface area contributed by atoms with Crippen molar-refractivity contribution in [3.8, 4) is 5.75 Å². The lowest BCUT2D eigenvalue weighted by Gasteiger charge is -2.17. The highest BCUT2D eigenvalue weighted by atomic mass is 32.2. The number of ether oxygens (including phenoxy) is 1. The van der Waals surface area contributed by atoms with Gasteiger partial charge in [0.05, 0.1) is 17.3 Å². The van der Waals surface area contributed by atoms with Gasteiger partial charge in [0.2, 0.25) is 10.0 Å². The topological polar surface area (TPSA) is 80.8 Å². The first kappa shape index (κ1) is 16.3. The Labute approximate surface area is 125 Å². The first-order valence-corrected chi connectivity index (χ1v) is 9.89. The van der Waals surface area contributed by atoms with E-state index >= 15 is 0 Å². The van der Waals surface area contributed by atoms with Gasteiger partial charge in [-0.05, 0) is 37.1 Å². The van der Waals surface area contributed by atoms with E-state index in [0.29, 0.717) is 12.2 Å². The Bertz CT molecular complexity index is 740. The van der Waals surface area contributed by atoms with Crippen LogP contribution in [-0.2, 0) is 19.9 Å². The van der Waals surface area contributed by atoms with Gasteiger partial charge in [-0.25, -0.2) is 16.8 Å². The monoisotopic (exact) mass is 333 g/mol. The van der Waals surface area contributed by atoms with Crippen LogP contribution in [0.5, 0.6) is 5.75 Å². The summed E-state index contributed by atoms with van der Waals surface area (Å²) in [4.78, 5) is 0.162. The summed E-state index contributed by atoms with van der Waals surface area (Å²) >= 11 is 0. The van der Waals surface area contributed by atoms with Crippen molar-refractivity contribution in [2.24, 2.45) is 0 Å². The maximum absolute atomic E-state index is 12.5. The summed E-state index contributed by atoms with van der Waals surface area (Å²) < 4.78 is 54.5. The molecule has 1 aliphatic heterocycles. The third-order valence-corrected chi connectivity index (χ3v) is 7.17. The number of sulfonamides is 1. The summed E-state index contributed by atoms with van der Waals surface area (Å²) in [7, 11) is -5.37. The predicted molar refractivity (Wildman–Crippen MR) is 79.7 cm³/mol. The smallest absolute Gasteiger partial charge is 0.243 e. The van der Waals surface area contributed by atoms with Crippen LogP contribution < -0.4 is 4.74 Å². The van der Waals surface area contributed by atoms with Crippen molar-refractivity contribution in [2.45, 2.75) is 23.5 Å². The van der Waals surface area contributed by atoms with Crippen LogP contribution in [-0.4, -0.2) is 52.8 Å². The number of rotatable bonds is 4. The number of nitrogens with zero attached hydrogens (tertiary/aromatic N) is 1. The van der Waals surface area contributed by atoms with Gasteiger partial charge in [0.25, 0.3) is 0 Å². The molecular weight excluding hydrogens is 314 g/mol. The Morgan fingerprint density at radius 1 is 1.24 bits per heavy atom. The van der Waals surface area contributed by atoms with Crippen LogP contribution in [0.1, 0.15) is 12.0 Å². The first-order chi connectivity index (χ1) is 9.66. The molecule has 118 valence electrons. The van der Waals surface area contributed by atoms with Gasteiger partial charge in [0, 0.05) is 19.3 Å². The minimum absolute atomic E-state index is 0.0201. The van der Waals surface area contributed by atoms with Gasteiger partial charge in [-0.2, -0.15) is 4.31 Å². The number of hydrogen-bond donors (Lipinski definition) is 0. The average molecular weight is 333 g/mol. The molecule has 8 heteroatoms. The summed E-state index contributed by atoms with van der Waals surface area (Å²) in [6.07, 6.45) is 1.48. The molecular formula is C13H19NO5S2. The van der Waals surface area contributed by atoms with Crippen LogP contribution >= 0.6 is 0 Å². The fraction of sp³-hybridized carbons (Fsp3) is 0.538. The fourth-order valence-electron chi connectivity index (χ4n) is 2.43. The Morgan fingerprint density at radius 3 is 2.38 bits per heavy atom. The predicted octanol–water partition coefficient (Wildman–Crippen LogP) is 0.811. The van der Waals surface area contributed by atoms with E-state index in [1.807, 2.05) is 0 Å². The molecule has 1 aromatic rings. The molecule has 0 amide bonds. The largest absolute Gasteiger partial charge is 0.496 e. The lowest BCUT2D eigenvalue weighted by molar-refractivity contribution is 0.411. The molecule has 2 rings (SSSR count). The van der Waals surface area contributed by atoms with Crippen LogP contribution in [0.4, 0.5) is 0 Å². The minimum Gasteiger partial charge on any atom is -0.496 e. The number of benzene rings is 1. The van der Waals surface area contributed by atoms with Crippen LogP contribution in [0.15, 0.2) is 23.1 Å². The lowest BCUT2D eigenvalue weighted by Crippen LogP contribution is -2.31. The van der Waals surface area contributed by atoms with E-state index in [-0.39, 0.29) is 18.0 Å². The molecule has 0 aliphatic carbocycles. The van der Waals surface area contributed by atoms with Crippen LogP contribution in [0, 0.1) is 6.92 Å². The molecule has 0 N–H and O–H groups in total. The molecule has 1 aromatic carbocycles. The van der Waals surface area contributed by atoms with E-state index in [1.165, 1.54) is 17.5 Å². The summed E-state index contributed by atoms with van der Waals surface area (Å²) in [6, 6.07) is 4.63. The van der Waals surface area contributed by atoms with Gasteiger partial charge < -0.3 is 4.74 Å². The van der Waals surface area contributed by atoms with Gasteiger partial charge in [-0.1, -0.05) is 0 Å². The Hall–Kier alpha value is -1.12. The highest BCUT2D eigenvalue weighted by molar-refractivity contribution is 7.91. The highest BCUT2D eigenvalue weighted by Crippen LogP contribution is 2.27.